The van der Waals surface area contributed by atoms with Crippen molar-refractivity contribution in [1.29, 1.82) is 0 Å². The van der Waals surface area contributed by atoms with E-state index < -0.39 is 0 Å². The van der Waals surface area contributed by atoms with Crippen LogP contribution < -0.4 is 0 Å². The van der Waals surface area contributed by atoms with Crippen LogP contribution in [0.25, 0.3) is 0 Å². The van der Waals surface area contributed by atoms with Gasteiger partial charge >= 0.3 is 0 Å². The van der Waals surface area contributed by atoms with E-state index in [1.54, 1.807) is 0 Å². The van der Waals surface area contributed by atoms with E-state index in [1.807, 2.05) is 18.9 Å². The number of ether oxygens (including phenoxy) is 1. The third-order valence-corrected chi connectivity index (χ3v) is 4.25. The lowest BCUT2D eigenvalue weighted by Gasteiger charge is -2.27. The van der Waals surface area contributed by atoms with Crippen molar-refractivity contribution in [2.24, 2.45) is 17.8 Å². The maximum Gasteiger partial charge on any atom is 0.248 e. The maximum atomic E-state index is 11.7. The Morgan fingerprint density at radius 3 is 2.75 bits per heavy atom. The highest BCUT2D eigenvalue weighted by Gasteiger charge is 2.39. The van der Waals surface area contributed by atoms with Crippen LogP contribution in [0.3, 0.4) is 0 Å². The molecular weight excluding hydrogens is 202 g/mol. The first-order valence-corrected chi connectivity index (χ1v) is 6.52. The summed E-state index contributed by atoms with van der Waals surface area (Å²) in [6.45, 7) is 3.72. The van der Waals surface area contributed by atoms with Gasteiger partial charge < -0.3 is 9.64 Å². The zero-order valence-corrected chi connectivity index (χ0v) is 10.4. The Bertz CT molecular complexity index is 254. The molecule has 0 radical (unpaired) electrons. The Morgan fingerprint density at radius 1 is 1.38 bits per heavy atom. The van der Waals surface area contributed by atoms with Crippen LogP contribution in [0.15, 0.2) is 0 Å². The number of fused-ring (bicyclic) bond motifs is 2. The number of hydrogen-bond acceptors (Lipinski definition) is 2. The normalized spacial score (nSPS) is 32.0. The maximum absolute atomic E-state index is 11.7. The SMILES string of the molecule is CCOCC(=O)N(C)CC1CC2CCC1C2. The van der Waals surface area contributed by atoms with Crippen molar-refractivity contribution in [3.63, 3.8) is 0 Å². The fourth-order valence-electron chi connectivity index (χ4n) is 3.35. The van der Waals surface area contributed by atoms with E-state index in [4.69, 9.17) is 4.74 Å². The number of hydrogen-bond donors (Lipinski definition) is 0. The number of likely N-dealkylation sites (N-methyl/N-ethyl adjacent to an activating group) is 1. The Labute approximate surface area is 98.1 Å². The van der Waals surface area contributed by atoms with Crippen LogP contribution in [-0.2, 0) is 9.53 Å². The summed E-state index contributed by atoms with van der Waals surface area (Å²) in [5.74, 6) is 2.75. The van der Waals surface area contributed by atoms with Gasteiger partial charge in [-0.3, -0.25) is 4.79 Å². The molecule has 2 saturated carbocycles. The standard InChI is InChI=1S/C13H23NO2/c1-3-16-9-13(15)14(2)8-12-7-10-4-5-11(12)6-10/h10-12H,3-9H2,1-2H3. The van der Waals surface area contributed by atoms with E-state index in [0.717, 1.165) is 24.3 Å². The second kappa shape index (κ2) is 5.17. The van der Waals surface area contributed by atoms with Gasteiger partial charge in [0.2, 0.25) is 5.91 Å². The summed E-state index contributed by atoms with van der Waals surface area (Å²) in [7, 11) is 1.91. The molecule has 0 aliphatic heterocycles. The highest BCUT2D eigenvalue weighted by molar-refractivity contribution is 5.77. The van der Waals surface area contributed by atoms with Crippen molar-refractivity contribution in [1.82, 2.24) is 4.90 Å². The number of amides is 1. The molecule has 2 aliphatic carbocycles. The zero-order valence-electron chi connectivity index (χ0n) is 10.4. The summed E-state index contributed by atoms with van der Waals surface area (Å²) in [4.78, 5) is 13.6. The minimum atomic E-state index is 0.129. The molecule has 0 aromatic heterocycles. The fourth-order valence-corrected chi connectivity index (χ4v) is 3.35. The molecular formula is C13H23NO2. The molecule has 0 N–H and O–H groups in total. The minimum absolute atomic E-state index is 0.129. The molecule has 0 saturated heterocycles. The lowest BCUT2D eigenvalue weighted by molar-refractivity contribution is -0.135. The van der Waals surface area contributed by atoms with E-state index in [2.05, 4.69) is 0 Å². The summed E-state index contributed by atoms with van der Waals surface area (Å²) < 4.78 is 5.15. The molecule has 0 aromatic carbocycles. The predicted octanol–water partition coefficient (Wildman–Crippen LogP) is 1.92. The van der Waals surface area contributed by atoms with Gasteiger partial charge in [0.1, 0.15) is 6.61 Å². The molecule has 16 heavy (non-hydrogen) atoms. The minimum Gasteiger partial charge on any atom is -0.372 e. The van der Waals surface area contributed by atoms with Gasteiger partial charge in [-0.15, -0.1) is 0 Å². The molecule has 2 rings (SSSR count). The van der Waals surface area contributed by atoms with Gasteiger partial charge in [0.25, 0.3) is 0 Å². The Balaban J connectivity index is 1.74. The molecule has 3 unspecified atom stereocenters. The van der Waals surface area contributed by atoms with Gasteiger partial charge in [-0.05, 0) is 43.9 Å². The quantitative estimate of drug-likeness (QED) is 0.715. The summed E-state index contributed by atoms with van der Waals surface area (Å²) in [6.07, 6.45) is 5.58. The molecule has 0 aromatic rings. The second-order valence-corrected chi connectivity index (χ2v) is 5.35. The van der Waals surface area contributed by atoms with E-state index in [9.17, 15) is 4.79 Å². The number of nitrogens with zero attached hydrogens (tertiary/aromatic N) is 1. The molecule has 0 spiro atoms. The van der Waals surface area contributed by atoms with E-state index in [1.165, 1.54) is 25.7 Å². The topological polar surface area (TPSA) is 29.5 Å². The summed E-state index contributed by atoms with van der Waals surface area (Å²) in [5.41, 5.74) is 0. The van der Waals surface area contributed by atoms with Crippen molar-refractivity contribution in [2.45, 2.75) is 32.6 Å². The van der Waals surface area contributed by atoms with Crippen LogP contribution in [0.1, 0.15) is 32.6 Å². The second-order valence-electron chi connectivity index (χ2n) is 5.35. The van der Waals surface area contributed by atoms with Gasteiger partial charge in [0.05, 0.1) is 0 Å². The number of rotatable bonds is 5. The largest absolute Gasteiger partial charge is 0.372 e. The molecule has 1 amide bonds. The van der Waals surface area contributed by atoms with Crippen LogP contribution >= 0.6 is 0 Å². The van der Waals surface area contributed by atoms with E-state index in [0.29, 0.717) is 6.61 Å². The highest BCUT2D eigenvalue weighted by atomic mass is 16.5. The lowest BCUT2D eigenvalue weighted by atomic mass is 9.88. The lowest BCUT2D eigenvalue weighted by Crippen LogP contribution is -2.36. The molecule has 2 fully saturated rings. The monoisotopic (exact) mass is 225 g/mol. The molecule has 3 atom stereocenters. The predicted molar refractivity (Wildman–Crippen MR) is 63.1 cm³/mol. The average Bonchev–Trinajstić information content (AvgIpc) is 2.87. The van der Waals surface area contributed by atoms with Crippen LogP contribution in [0, 0.1) is 17.8 Å². The number of carbonyl (C=O) groups excluding carboxylic acids is 1. The first kappa shape index (κ1) is 11.9. The van der Waals surface area contributed by atoms with Crippen LogP contribution in [-0.4, -0.2) is 37.6 Å². The smallest absolute Gasteiger partial charge is 0.248 e. The Kier molecular flexibility index (Phi) is 3.85. The Morgan fingerprint density at radius 2 is 2.19 bits per heavy atom. The molecule has 3 heteroatoms. The van der Waals surface area contributed by atoms with Gasteiger partial charge in [0, 0.05) is 20.2 Å². The first-order chi connectivity index (χ1) is 7.70. The molecule has 0 heterocycles. The van der Waals surface area contributed by atoms with Gasteiger partial charge in [-0.2, -0.15) is 0 Å². The molecule has 2 aliphatic rings. The van der Waals surface area contributed by atoms with Gasteiger partial charge in [-0.1, -0.05) is 6.42 Å². The van der Waals surface area contributed by atoms with Crippen LogP contribution in [0.2, 0.25) is 0 Å². The number of carbonyl (C=O) groups is 1. The van der Waals surface area contributed by atoms with Gasteiger partial charge in [-0.25, -0.2) is 0 Å². The Hall–Kier alpha value is -0.570. The summed E-state index contributed by atoms with van der Waals surface area (Å²) >= 11 is 0. The van der Waals surface area contributed by atoms with Crippen molar-refractivity contribution < 1.29 is 9.53 Å². The fraction of sp³-hybridized carbons (Fsp3) is 0.923. The van der Waals surface area contributed by atoms with Crippen molar-refractivity contribution in [3.8, 4) is 0 Å². The third-order valence-electron chi connectivity index (χ3n) is 4.25. The average molecular weight is 225 g/mol. The van der Waals surface area contributed by atoms with E-state index >= 15 is 0 Å². The first-order valence-electron chi connectivity index (χ1n) is 6.52. The van der Waals surface area contributed by atoms with Crippen molar-refractivity contribution in [2.75, 3.05) is 26.8 Å². The van der Waals surface area contributed by atoms with Crippen LogP contribution in [0.5, 0.6) is 0 Å². The zero-order chi connectivity index (χ0) is 11.5. The highest BCUT2D eigenvalue weighted by Crippen LogP contribution is 2.48. The summed E-state index contributed by atoms with van der Waals surface area (Å²) in [6, 6.07) is 0. The third kappa shape index (κ3) is 2.57. The summed E-state index contributed by atoms with van der Waals surface area (Å²) in [5, 5.41) is 0. The van der Waals surface area contributed by atoms with Gasteiger partial charge in [0.15, 0.2) is 0 Å². The van der Waals surface area contributed by atoms with Crippen molar-refractivity contribution in [3.05, 3.63) is 0 Å². The molecule has 92 valence electrons. The van der Waals surface area contributed by atoms with E-state index in [-0.39, 0.29) is 12.5 Å². The molecule has 2 bridgehead atoms. The van der Waals surface area contributed by atoms with Crippen LogP contribution in [0.4, 0.5) is 0 Å². The molecule has 3 nitrogen and oxygen atoms in total. The van der Waals surface area contributed by atoms with Crippen molar-refractivity contribution >= 4 is 5.91 Å².